The molecule has 0 spiro atoms. The zero-order chi connectivity index (χ0) is 24.9. The molecule has 3 rings (SSSR count). The van der Waals surface area contributed by atoms with Gasteiger partial charge >= 0.3 is 0 Å². The minimum absolute atomic E-state index is 0.782. The average Bonchev–Trinajstić information content (AvgIpc) is 2.88. The van der Waals surface area contributed by atoms with E-state index in [2.05, 4.69) is 44.7 Å². The van der Waals surface area contributed by atoms with Crippen molar-refractivity contribution in [2.45, 2.75) is 135 Å². The van der Waals surface area contributed by atoms with Crippen LogP contribution in [0.4, 0.5) is 0 Å². The summed E-state index contributed by atoms with van der Waals surface area (Å²) in [6.07, 6.45) is 23.5. The van der Waals surface area contributed by atoms with Crippen molar-refractivity contribution in [1.29, 1.82) is 0 Å². The summed E-state index contributed by atoms with van der Waals surface area (Å²) in [5.74, 6) is 4.40. The van der Waals surface area contributed by atoms with Gasteiger partial charge in [0.05, 0.1) is 0 Å². The molecule has 0 aromatic heterocycles. The molecule has 198 valence electrons. The van der Waals surface area contributed by atoms with Gasteiger partial charge in [0.2, 0.25) is 0 Å². The summed E-state index contributed by atoms with van der Waals surface area (Å²) < 4.78 is 5.36. The fourth-order valence-corrected chi connectivity index (χ4v) is 7.20. The van der Waals surface area contributed by atoms with Crippen LogP contribution in [-0.2, 0) is 4.74 Å². The topological polar surface area (TPSA) is 9.23 Å². The highest BCUT2D eigenvalue weighted by Gasteiger charge is 2.28. The Labute approximate surface area is 218 Å². The van der Waals surface area contributed by atoms with Crippen LogP contribution < -0.4 is 0 Å². The Morgan fingerprint density at radius 3 is 1.94 bits per heavy atom. The van der Waals surface area contributed by atoms with E-state index in [0.717, 1.165) is 36.2 Å². The van der Waals surface area contributed by atoms with Crippen molar-refractivity contribution < 1.29 is 4.74 Å². The molecule has 2 aliphatic carbocycles. The zero-order valence-electron chi connectivity index (χ0n) is 23.5. The number of benzene rings is 1. The van der Waals surface area contributed by atoms with Crippen molar-refractivity contribution in [3.05, 3.63) is 47.5 Å². The lowest BCUT2D eigenvalue weighted by atomic mass is 9.71. The van der Waals surface area contributed by atoms with Crippen LogP contribution in [0.3, 0.4) is 0 Å². The standard InChI is InChI=1S/C34H56O/c1-5-6-7-11-28-14-16-30(17-15-28)32-22-24-34(25-23-32)33-20-18-31(19-21-33)29(13-9-26-35-4)12-8-10-27(2)3/h22-25,28-31,33H,2,5-21,26H2,1,3-4H3. The smallest absolute Gasteiger partial charge is 0.0462 e. The van der Waals surface area contributed by atoms with Gasteiger partial charge in [0.25, 0.3) is 0 Å². The van der Waals surface area contributed by atoms with E-state index in [1.807, 2.05) is 7.11 Å². The Morgan fingerprint density at radius 1 is 0.829 bits per heavy atom. The molecule has 1 heteroatoms. The molecule has 35 heavy (non-hydrogen) atoms. The molecule has 0 radical (unpaired) electrons. The molecule has 2 fully saturated rings. The van der Waals surface area contributed by atoms with Crippen molar-refractivity contribution >= 4 is 0 Å². The van der Waals surface area contributed by atoms with E-state index in [1.54, 1.807) is 11.1 Å². The lowest BCUT2D eigenvalue weighted by Gasteiger charge is -2.35. The number of hydrogen-bond donors (Lipinski definition) is 0. The molecule has 1 aromatic carbocycles. The van der Waals surface area contributed by atoms with Crippen LogP contribution in [0.1, 0.15) is 146 Å². The number of allylic oxidation sites excluding steroid dienone is 1. The second-order valence-corrected chi connectivity index (χ2v) is 12.2. The first-order valence-electron chi connectivity index (χ1n) is 15.3. The van der Waals surface area contributed by atoms with Crippen molar-refractivity contribution in [3.63, 3.8) is 0 Å². The maximum Gasteiger partial charge on any atom is 0.0462 e. The predicted molar refractivity (Wildman–Crippen MR) is 153 cm³/mol. The highest BCUT2D eigenvalue weighted by molar-refractivity contribution is 5.28. The molecule has 0 heterocycles. The number of unbranched alkanes of at least 4 members (excludes halogenated alkanes) is 2. The molecule has 0 saturated heterocycles. The molecular formula is C34H56O. The summed E-state index contributed by atoms with van der Waals surface area (Å²) in [5, 5.41) is 0. The first-order valence-corrected chi connectivity index (χ1v) is 15.3. The van der Waals surface area contributed by atoms with Gasteiger partial charge < -0.3 is 4.74 Å². The molecule has 0 amide bonds. The van der Waals surface area contributed by atoms with Crippen LogP contribution in [0.25, 0.3) is 0 Å². The Morgan fingerprint density at radius 2 is 1.40 bits per heavy atom. The van der Waals surface area contributed by atoms with Gasteiger partial charge in [-0.05, 0) is 131 Å². The second kappa shape index (κ2) is 15.9. The van der Waals surface area contributed by atoms with Crippen molar-refractivity contribution in [1.82, 2.24) is 0 Å². The quantitative estimate of drug-likeness (QED) is 0.179. The predicted octanol–water partition coefficient (Wildman–Crippen LogP) is 10.6. The van der Waals surface area contributed by atoms with Gasteiger partial charge in [-0.3, -0.25) is 0 Å². The van der Waals surface area contributed by atoms with E-state index < -0.39 is 0 Å². The third-order valence-electron chi connectivity index (χ3n) is 9.48. The van der Waals surface area contributed by atoms with Gasteiger partial charge in [0, 0.05) is 13.7 Å². The summed E-state index contributed by atoms with van der Waals surface area (Å²) in [5.41, 5.74) is 4.57. The Kier molecular flexibility index (Phi) is 12.9. The minimum atomic E-state index is 0.782. The van der Waals surface area contributed by atoms with Gasteiger partial charge in [0.15, 0.2) is 0 Å². The molecule has 1 unspecified atom stereocenters. The van der Waals surface area contributed by atoms with Gasteiger partial charge in [-0.25, -0.2) is 0 Å². The first kappa shape index (κ1) is 28.5. The molecular weight excluding hydrogens is 424 g/mol. The first-order chi connectivity index (χ1) is 17.1. The van der Waals surface area contributed by atoms with Crippen LogP contribution in [-0.4, -0.2) is 13.7 Å². The molecule has 1 nitrogen and oxygen atoms in total. The van der Waals surface area contributed by atoms with E-state index in [1.165, 1.54) is 115 Å². The fraction of sp³-hybridized carbons (Fsp3) is 0.765. The number of methoxy groups -OCH3 is 1. The van der Waals surface area contributed by atoms with Crippen LogP contribution in [0.2, 0.25) is 0 Å². The molecule has 0 aliphatic heterocycles. The van der Waals surface area contributed by atoms with Crippen molar-refractivity contribution in [3.8, 4) is 0 Å². The third-order valence-corrected chi connectivity index (χ3v) is 9.48. The zero-order valence-corrected chi connectivity index (χ0v) is 23.5. The summed E-state index contributed by atoms with van der Waals surface area (Å²) in [7, 11) is 1.84. The Bertz CT molecular complexity index is 688. The largest absolute Gasteiger partial charge is 0.385 e. The number of ether oxygens (including phenoxy) is 1. The van der Waals surface area contributed by atoms with Gasteiger partial charge in [-0.2, -0.15) is 0 Å². The SMILES string of the molecule is C=C(C)CCCC(CCCOC)C1CCC(c2ccc(C3CCC(CCCCC)CC3)cc2)CC1. The van der Waals surface area contributed by atoms with E-state index in [4.69, 9.17) is 4.74 Å². The minimum Gasteiger partial charge on any atom is -0.385 e. The molecule has 1 atom stereocenters. The fourth-order valence-electron chi connectivity index (χ4n) is 7.20. The average molecular weight is 481 g/mol. The second-order valence-electron chi connectivity index (χ2n) is 12.2. The lowest BCUT2D eigenvalue weighted by molar-refractivity contribution is 0.161. The normalized spacial score (nSPS) is 25.9. The van der Waals surface area contributed by atoms with E-state index in [9.17, 15) is 0 Å². The van der Waals surface area contributed by atoms with E-state index >= 15 is 0 Å². The number of rotatable bonds is 15. The summed E-state index contributed by atoms with van der Waals surface area (Å²) in [6, 6.07) is 9.98. The van der Waals surface area contributed by atoms with Gasteiger partial charge in [0.1, 0.15) is 0 Å². The van der Waals surface area contributed by atoms with Crippen molar-refractivity contribution in [2.24, 2.45) is 17.8 Å². The third kappa shape index (κ3) is 9.71. The van der Waals surface area contributed by atoms with Crippen LogP contribution in [0, 0.1) is 17.8 Å². The van der Waals surface area contributed by atoms with Gasteiger partial charge in [-0.15, -0.1) is 6.58 Å². The van der Waals surface area contributed by atoms with Crippen LogP contribution in [0.15, 0.2) is 36.4 Å². The van der Waals surface area contributed by atoms with Crippen LogP contribution >= 0.6 is 0 Å². The monoisotopic (exact) mass is 480 g/mol. The maximum atomic E-state index is 5.36. The molecule has 0 N–H and O–H groups in total. The highest BCUT2D eigenvalue weighted by atomic mass is 16.5. The maximum absolute atomic E-state index is 5.36. The molecule has 2 aliphatic rings. The molecule has 1 aromatic rings. The van der Waals surface area contributed by atoms with E-state index in [0.29, 0.717) is 0 Å². The van der Waals surface area contributed by atoms with Gasteiger partial charge in [-0.1, -0.05) is 62.4 Å². The summed E-state index contributed by atoms with van der Waals surface area (Å²) >= 11 is 0. The highest BCUT2D eigenvalue weighted by Crippen LogP contribution is 2.43. The Balaban J connectivity index is 1.45. The summed E-state index contributed by atoms with van der Waals surface area (Å²) in [4.78, 5) is 0. The van der Waals surface area contributed by atoms with Crippen LogP contribution in [0.5, 0.6) is 0 Å². The lowest BCUT2D eigenvalue weighted by Crippen LogP contribution is -2.22. The van der Waals surface area contributed by atoms with E-state index in [-0.39, 0.29) is 0 Å². The number of hydrogen-bond acceptors (Lipinski definition) is 1. The Hall–Kier alpha value is -1.08. The molecule has 2 saturated carbocycles. The summed E-state index contributed by atoms with van der Waals surface area (Å²) in [6.45, 7) is 9.53. The molecule has 0 bridgehead atoms. The van der Waals surface area contributed by atoms with Crippen molar-refractivity contribution in [2.75, 3.05) is 13.7 Å².